The maximum Gasteiger partial charge on any atom is 0.407 e. The van der Waals surface area contributed by atoms with E-state index in [-0.39, 0.29) is 12.1 Å². The summed E-state index contributed by atoms with van der Waals surface area (Å²) in [5, 5.41) is 3.04. The van der Waals surface area contributed by atoms with Crippen LogP contribution in [0.1, 0.15) is 59.3 Å². The second kappa shape index (κ2) is 6.98. The first kappa shape index (κ1) is 17.0. The smallest absolute Gasteiger partial charge is 0.407 e. The first-order valence-corrected chi connectivity index (χ1v) is 9.38. The van der Waals surface area contributed by atoms with E-state index < -0.39 is 5.60 Å². The van der Waals surface area contributed by atoms with Crippen molar-refractivity contribution in [1.82, 2.24) is 15.1 Å². The van der Waals surface area contributed by atoms with Crippen LogP contribution in [0.15, 0.2) is 0 Å². The van der Waals surface area contributed by atoms with Gasteiger partial charge in [0.05, 0.1) is 0 Å². The monoisotopic (exact) mass is 323 g/mol. The Morgan fingerprint density at radius 3 is 1.70 bits per heavy atom. The van der Waals surface area contributed by atoms with Crippen molar-refractivity contribution in [2.75, 3.05) is 26.2 Å². The number of alkyl carbamates (subject to hydrolysis) is 1. The fourth-order valence-electron chi connectivity index (χ4n) is 3.97. The molecule has 1 N–H and O–H groups in total. The van der Waals surface area contributed by atoms with Crippen molar-refractivity contribution in [3.63, 3.8) is 0 Å². The van der Waals surface area contributed by atoms with E-state index in [2.05, 4.69) is 15.1 Å². The van der Waals surface area contributed by atoms with Gasteiger partial charge in [-0.15, -0.1) is 0 Å². The third-order valence-electron chi connectivity index (χ3n) is 5.35. The number of piperazine rings is 1. The molecule has 0 spiro atoms. The zero-order valence-corrected chi connectivity index (χ0v) is 15.0. The van der Waals surface area contributed by atoms with Gasteiger partial charge in [-0.25, -0.2) is 4.79 Å². The zero-order valence-electron chi connectivity index (χ0n) is 15.0. The Labute approximate surface area is 140 Å². The summed E-state index contributed by atoms with van der Waals surface area (Å²) in [6, 6.07) is 1.91. The topological polar surface area (TPSA) is 44.8 Å². The van der Waals surface area contributed by atoms with E-state index in [4.69, 9.17) is 4.74 Å². The van der Waals surface area contributed by atoms with Crippen LogP contribution in [0.2, 0.25) is 0 Å². The number of nitrogens with one attached hydrogen (secondary N) is 1. The molecule has 2 saturated carbocycles. The van der Waals surface area contributed by atoms with Crippen molar-refractivity contribution in [3.8, 4) is 0 Å². The fraction of sp³-hybridized carbons (Fsp3) is 0.944. The second-order valence-electron chi connectivity index (χ2n) is 8.45. The van der Waals surface area contributed by atoms with Crippen molar-refractivity contribution < 1.29 is 9.53 Å². The fourth-order valence-corrected chi connectivity index (χ4v) is 3.97. The molecule has 132 valence electrons. The molecule has 3 rings (SSSR count). The lowest BCUT2D eigenvalue weighted by Crippen LogP contribution is -2.52. The molecule has 0 unspecified atom stereocenters. The summed E-state index contributed by atoms with van der Waals surface area (Å²) < 4.78 is 5.36. The first-order valence-electron chi connectivity index (χ1n) is 9.38. The van der Waals surface area contributed by atoms with E-state index in [1.165, 1.54) is 51.9 Å². The molecule has 3 fully saturated rings. The minimum Gasteiger partial charge on any atom is -0.444 e. The highest BCUT2D eigenvalue weighted by molar-refractivity contribution is 5.68. The van der Waals surface area contributed by atoms with E-state index in [1.54, 1.807) is 0 Å². The molecule has 2 aliphatic carbocycles. The molecule has 0 aromatic carbocycles. The van der Waals surface area contributed by atoms with Gasteiger partial charge >= 0.3 is 6.09 Å². The Kier molecular flexibility index (Phi) is 5.16. The number of nitrogens with zero attached hydrogens (tertiary/aromatic N) is 2. The van der Waals surface area contributed by atoms with Crippen LogP contribution in [0, 0.1) is 0 Å². The average molecular weight is 323 g/mol. The first-order chi connectivity index (χ1) is 10.9. The number of carbonyl (C=O) groups is 1. The Morgan fingerprint density at radius 2 is 1.30 bits per heavy atom. The SMILES string of the molecule is CC(C)(C)OC(=O)NC1CCC(N2CCN(C3CC3)CC2)CC1. The Bertz CT molecular complexity index is 401. The predicted octanol–water partition coefficient (Wildman–Crippen LogP) is 2.60. The van der Waals surface area contributed by atoms with Crippen LogP contribution in [0.25, 0.3) is 0 Å². The van der Waals surface area contributed by atoms with Gasteiger partial charge in [0.25, 0.3) is 0 Å². The maximum absolute atomic E-state index is 11.9. The molecule has 1 heterocycles. The van der Waals surface area contributed by atoms with E-state index in [0.29, 0.717) is 6.04 Å². The summed E-state index contributed by atoms with van der Waals surface area (Å²) in [6.45, 7) is 10.7. The summed E-state index contributed by atoms with van der Waals surface area (Å²) in [5.41, 5.74) is -0.414. The number of hydrogen-bond acceptors (Lipinski definition) is 4. The second-order valence-corrected chi connectivity index (χ2v) is 8.45. The van der Waals surface area contributed by atoms with Crippen LogP contribution in [0.3, 0.4) is 0 Å². The van der Waals surface area contributed by atoms with Crippen LogP contribution in [-0.4, -0.2) is 65.8 Å². The lowest BCUT2D eigenvalue weighted by molar-refractivity contribution is 0.0447. The molecule has 1 amide bonds. The number of amides is 1. The molecule has 0 radical (unpaired) electrons. The molecule has 3 aliphatic rings. The van der Waals surface area contributed by atoms with Crippen LogP contribution in [-0.2, 0) is 4.74 Å². The lowest BCUT2D eigenvalue weighted by atomic mass is 9.90. The molecule has 5 nitrogen and oxygen atoms in total. The summed E-state index contributed by atoms with van der Waals surface area (Å²) in [6.07, 6.45) is 7.12. The van der Waals surface area contributed by atoms with Crippen LogP contribution < -0.4 is 5.32 Å². The molecule has 5 heteroatoms. The average Bonchev–Trinajstić information content (AvgIpc) is 3.31. The molecule has 1 aliphatic heterocycles. The van der Waals surface area contributed by atoms with Crippen molar-refractivity contribution in [2.45, 2.75) is 83.0 Å². The van der Waals surface area contributed by atoms with Gasteiger partial charge in [-0.3, -0.25) is 9.80 Å². The van der Waals surface area contributed by atoms with E-state index >= 15 is 0 Å². The molecular weight excluding hydrogens is 290 g/mol. The van der Waals surface area contributed by atoms with Gasteiger partial charge in [0.15, 0.2) is 0 Å². The lowest BCUT2D eigenvalue weighted by Gasteiger charge is -2.42. The van der Waals surface area contributed by atoms with Gasteiger partial charge < -0.3 is 10.1 Å². The third-order valence-corrected chi connectivity index (χ3v) is 5.35. The van der Waals surface area contributed by atoms with Crippen LogP contribution in [0.4, 0.5) is 4.79 Å². The molecule has 23 heavy (non-hydrogen) atoms. The van der Waals surface area contributed by atoms with Gasteiger partial charge in [0.2, 0.25) is 0 Å². The quantitative estimate of drug-likeness (QED) is 0.867. The van der Waals surface area contributed by atoms with Crippen molar-refractivity contribution >= 4 is 6.09 Å². The molecule has 0 atom stereocenters. The summed E-state index contributed by atoms with van der Waals surface area (Å²) in [7, 11) is 0. The van der Waals surface area contributed by atoms with Crippen LogP contribution >= 0.6 is 0 Å². The minimum absolute atomic E-state index is 0.265. The molecule has 0 aromatic heterocycles. The van der Waals surface area contributed by atoms with E-state index in [9.17, 15) is 4.79 Å². The summed E-state index contributed by atoms with van der Waals surface area (Å²) in [5.74, 6) is 0. The normalized spacial score (nSPS) is 30.9. The van der Waals surface area contributed by atoms with Crippen molar-refractivity contribution in [1.29, 1.82) is 0 Å². The summed E-state index contributed by atoms with van der Waals surface area (Å²) in [4.78, 5) is 17.2. The molecule has 0 bridgehead atoms. The van der Waals surface area contributed by atoms with Gasteiger partial charge in [0, 0.05) is 44.3 Å². The Balaban J connectivity index is 1.36. The van der Waals surface area contributed by atoms with Crippen LogP contribution in [0.5, 0.6) is 0 Å². The predicted molar refractivity (Wildman–Crippen MR) is 91.6 cm³/mol. The minimum atomic E-state index is -0.414. The number of carbonyl (C=O) groups excluding carboxylic acids is 1. The molecule has 0 aromatic rings. The van der Waals surface area contributed by atoms with E-state index in [0.717, 1.165) is 18.9 Å². The van der Waals surface area contributed by atoms with Gasteiger partial charge in [0.1, 0.15) is 5.60 Å². The number of hydrogen-bond donors (Lipinski definition) is 1. The van der Waals surface area contributed by atoms with Gasteiger partial charge in [-0.1, -0.05) is 0 Å². The van der Waals surface area contributed by atoms with Gasteiger partial charge in [-0.05, 0) is 59.3 Å². The number of ether oxygens (including phenoxy) is 1. The Hall–Kier alpha value is -0.810. The molecule has 1 saturated heterocycles. The largest absolute Gasteiger partial charge is 0.444 e. The Morgan fingerprint density at radius 1 is 0.870 bits per heavy atom. The zero-order chi connectivity index (χ0) is 16.4. The highest BCUT2D eigenvalue weighted by Crippen LogP contribution is 2.29. The van der Waals surface area contributed by atoms with Gasteiger partial charge in [-0.2, -0.15) is 0 Å². The van der Waals surface area contributed by atoms with Crippen molar-refractivity contribution in [3.05, 3.63) is 0 Å². The highest BCUT2D eigenvalue weighted by atomic mass is 16.6. The molecular formula is C18H33N3O2. The van der Waals surface area contributed by atoms with E-state index in [1.807, 2.05) is 20.8 Å². The standard InChI is InChI=1S/C18H33N3O2/c1-18(2,3)23-17(22)19-14-4-6-15(7-5-14)20-10-12-21(13-11-20)16-8-9-16/h14-16H,4-13H2,1-3H3,(H,19,22). The summed E-state index contributed by atoms with van der Waals surface area (Å²) >= 11 is 0. The third kappa shape index (κ3) is 5.08. The van der Waals surface area contributed by atoms with Crippen molar-refractivity contribution in [2.24, 2.45) is 0 Å². The maximum atomic E-state index is 11.9. The highest BCUT2D eigenvalue weighted by Gasteiger charge is 2.34. The number of rotatable bonds is 3.